The highest BCUT2D eigenvalue weighted by molar-refractivity contribution is 6.21. The van der Waals surface area contributed by atoms with Gasteiger partial charge >= 0.3 is 5.97 Å². The van der Waals surface area contributed by atoms with E-state index < -0.39 is 29.8 Å². The Morgan fingerprint density at radius 3 is 2.68 bits per heavy atom. The summed E-state index contributed by atoms with van der Waals surface area (Å²) < 4.78 is 10.3. The van der Waals surface area contributed by atoms with Gasteiger partial charge in [-0.05, 0) is 37.3 Å². The molecule has 2 aromatic rings. The van der Waals surface area contributed by atoms with Gasteiger partial charge in [0.25, 0.3) is 17.7 Å². The molecule has 0 aliphatic carbocycles. The smallest absolute Gasteiger partial charge is 0.338 e. The number of carbonyl (C=O) groups excluding carboxylic acids is 4. The molecule has 1 aliphatic rings. The molecule has 0 radical (unpaired) electrons. The van der Waals surface area contributed by atoms with E-state index >= 15 is 0 Å². The lowest BCUT2D eigenvalue weighted by atomic mass is 10.1. The number of benzene rings is 1. The van der Waals surface area contributed by atoms with E-state index in [4.69, 9.17) is 9.15 Å². The molecule has 1 aromatic carbocycles. The molecule has 144 valence electrons. The molecule has 1 atom stereocenters. The Morgan fingerprint density at radius 1 is 1.25 bits per heavy atom. The van der Waals surface area contributed by atoms with Crippen LogP contribution in [0.4, 0.5) is 0 Å². The number of fused-ring (bicyclic) bond motifs is 1. The molecule has 1 unspecified atom stereocenters. The van der Waals surface area contributed by atoms with E-state index in [1.165, 1.54) is 37.5 Å². The molecule has 0 saturated heterocycles. The van der Waals surface area contributed by atoms with Crippen molar-refractivity contribution in [2.24, 2.45) is 0 Å². The topological polar surface area (TPSA) is 106 Å². The minimum Gasteiger partial charge on any atom is -0.467 e. The zero-order valence-corrected chi connectivity index (χ0v) is 15.1. The first-order chi connectivity index (χ1) is 13.4. The Hall–Kier alpha value is -3.68. The van der Waals surface area contributed by atoms with Crippen molar-refractivity contribution in [3.8, 4) is 0 Å². The zero-order valence-electron chi connectivity index (χ0n) is 15.1. The van der Waals surface area contributed by atoms with Gasteiger partial charge in [0.1, 0.15) is 5.76 Å². The number of esters is 1. The van der Waals surface area contributed by atoms with Crippen molar-refractivity contribution in [2.45, 2.75) is 19.6 Å². The van der Waals surface area contributed by atoms with Crippen molar-refractivity contribution < 1.29 is 28.3 Å². The number of carbonyl (C=O) groups is 4. The summed E-state index contributed by atoms with van der Waals surface area (Å²) in [5.74, 6) is -1.76. The Labute approximate surface area is 160 Å². The molecule has 3 rings (SSSR count). The van der Waals surface area contributed by atoms with Gasteiger partial charge in [-0.25, -0.2) is 4.79 Å². The molecule has 1 aromatic heterocycles. The standard InChI is InChI=1S/C20H18N2O6/c1-3-8-21-17(23)12(2)28-20(26)13-6-7-15-16(10-13)19(25)22(18(15)24)11-14-5-4-9-27-14/h3-7,9-10,12H,1,8,11H2,2H3,(H,21,23). The average molecular weight is 382 g/mol. The fraction of sp³-hybridized carbons (Fsp3) is 0.200. The van der Waals surface area contributed by atoms with Gasteiger partial charge in [0.15, 0.2) is 6.10 Å². The maximum Gasteiger partial charge on any atom is 0.338 e. The van der Waals surface area contributed by atoms with Gasteiger partial charge in [-0.1, -0.05) is 6.08 Å². The van der Waals surface area contributed by atoms with Crippen molar-refractivity contribution >= 4 is 23.7 Å². The molecule has 1 N–H and O–H groups in total. The number of furan rings is 1. The first-order valence-corrected chi connectivity index (χ1v) is 8.54. The van der Waals surface area contributed by atoms with Crippen LogP contribution in [0.25, 0.3) is 0 Å². The molecule has 8 heteroatoms. The SMILES string of the molecule is C=CCNC(=O)C(C)OC(=O)c1ccc2c(c1)C(=O)N(Cc1ccco1)C2=O. The van der Waals surface area contributed by atoms with Crippen LogP contribution in [0.5, 0.6) is 0 Å². The lowest BCUT2D eigenvalue weighted by Gasteiger charge is -2.13. The molecule has 3 amide bonds. The van der Waals surface area contributed by atoms with Gasteiger partial charge in [-0.2, -0.15) is 0 Å². The minimum atomic E-state index is -1.02. The van der Waals surface area contributed by atoms with Crippen LogP contribution in [0.2, 0.25) is 0 Å². The quantitative estimate of drug-likeness (QED) is 0.446. The van der Waals surface area contributed by atoms with Crippen LogP contribution in [0.15, 0.2) is 53.7 Å². The number of nitrogens with one attached hydrogen (secondary N) is 1. The zero-order chi connectivity index (χ0) is 20.3. The van der Waals surface area contributed by atoms with Gasteiger partial charge in [0, 0.05) is 6.54 Å². The fourth-order valence-corrected chi connectivity index (χ4v) is 2.72. The average Bonchev–Trinajstić information content (AvgIpc) is 3.28. The lowest BCUT2D eigenvalue weighted by molar-refractivity contribution is -0.128. The van der Waals surface area contributed by atoms with Crippen molar-refractivity contribution in [3.05, 3.63) is 71.7 Å². The fourth-order valence-electron chi connectivity index (χ4n) is 2.72. The maximum atomic E-state index is 12.6. The summed E-state index contributed by atoms with van der Waals surface area (Å²) in [6.07, 6.45) is 1.94. The second kappa shape index (κ2) is 7.91. The summed E-state index contributed by atoms with van der Waals surface area (Å²) in [4.78, 5) is 50.2. The molecule has 1 aliphatic heterocycles. The molecule has 8 nitrogen and oxygen atoms in total. The Bertz CT molecular complexity index is 948. The summed E-state index contributed by atoms with van der Waals surface area (Å²) in [6, 6.07) is 7.40. The van der Waals surface area contributed by atoms with Crippen LogP contribution in [-0.2, 0) is 16.1 Å². The van der Waals surface area contributed by atoms with Crippen LogP contribution in [0.1, 0.15) is 43.8 Å². The van der Waals surface area contributed by atoms with Gasteiger partial charge < -0.3 is 14.5 Å². The largest absolute Gasteiger partial charge is 0.467 e. The van der Waals surface area contributed by atoms with E-state index in [0.717, 1.165) is 4.90 Å². The van der Waals surface area contributed by atoms with Gasteiger partial charge in [0.05, 0.1) is 29.5 Å². The first-order valence-electron chi connectivity index (χ1n) is 8.54. The number of imide groups is 1. The number of hydrogen-bond donors (Lipinski definition) is 1. The van der Waals surface area contributed by atoms with Crippen molar-refractivity contribution in [2.75, 3.05) is 6.54 Å². The number of ether oxygens (including phenoxy) is 1. The van der Waals surface area contributed by atoms with Crippen LogP contribution in [0.3, 0.4) is 0 Å². The number of amides is 3. The molecule has 0 fully saturated rings. The van der Waals surface area contributed by atoms with Gasteiger partial charge in [-0.15, -0.1) is 6.58 Å². The Morgan fingerprint density at radius 2 is 2.00 bits per heavy atom. The van der Waals surface area contributed by atoms with E-state index in [1.54, 1.807) is 12.1 Å². The molecule has 0 spiro atoms. The summed E-state index contributed by atoms with van der Waals surface area (Å²) in [5, 5.41) is 2.52. The van der Waals surface area contributed by atoms with Gasteiger partial charge in [-0.3, -0.25) is 19.3 Å². The lowest BCUT2D eigenvalue weighted by Crippen LogP contribution is -2.35. The molecular formula is C20H18N2O6. The highest BCUT2D eigenvalue weighted by atomic mass is 16.5. The molecule has 28 heavy (non-hydrogen) atoms. The Kier molecular flexibility index (Phi) is 5.39. The number of hydrogen-bond acceptors (Lipinski definition) is 6. The monoisotopic (exact) mass is 382 g/mol. The molecule has 0 bridgehead atoms. The van der Waals surface area contributed by atoms with E-state index in [9.17, 15) is 19.2 Å². The third kappa shape index (κ3) is 3.71. The van der Waals surface area contributed by atoms with Crippen molar-refractivity contribution in [3.63, 3.8) is 0 Å². The normalized spacial score (nSPS) is 13.8. The predicted octanol–water partition coefficient (Wildman–Crippen LogP) is 1.92. The van der Waals surface area contributed by atoms with Crippen molar-refractivity contribution in [1.82, 2.24) is 10.2 Å². The van der Waals surface area contributed by atoms with E-state index in [0.29, 0.717) is 5.76 Å². The second-order valence-electron chi connectivity index (χ2n) is 6.12. The number of nitrogens with zero attached hydrogens (tertiary/aromatic N) is 1. The van der Waals surface area contributed by atoms with Gasteiger partial charge in [0.2, 0.25) is 0 Å². The molecule has 2 heterocycles. The summed E-state index contributed by atoms with van der Waals surface area (Å²) >= 11 is 0. The third-order valence-corrected chi connectivity index (χ3v) is 4.17. The minimum absolute atomic E-state index is 0.000362. The van der Waals surface area contributed by atoms with Crippen LogP contribution in [0, 0.1) is 0 Å². The van der Waals surface area contributed by atoms with E-state index in [-0.39, 0.29) is 29.8 Å². The van der Waals surface area contributed by atoms with E-state index in [2.05, 4.69) is 11.9 Å². The highest BCUT2D eigenvalue weighted by Crippen LogP contribution is 2.26. The van der Waals surface area contributed by atoms with Crippen molar-refractivity contribution in [1.29, 1.82) is 0 Å². The predicted molar refractivity (Wildman–Crippen MR) is 97.4 cm³/mol. The van der Waals surface area contributed by atoms with E-state index in [1.807, 2.05) is 0 Å². The Balaban J connectivity index is 1.74. The summed E-state index contributed by atoms with van der Waals surface area (Å²) in [5.41, 5.74) is 0.378. The third-order valence-electron chi connectivity index (χ3n) is 4.17. The number of rotatable bonds is 7. The van der Waals surface area contributed by atoms with Crippen LogP contribution < -0.4 is 5.32 Å². The summed E-state index contributed by atoms with van der Waals surface area (Å²) in [7, 11) is 0. The highest BCUT2D eigenvalue weighted by Gasteiger charge is 2.36. The maximum absolute atomic E-state index is 12.6. The van der Waals surface area contributed by atoms with Crippen LogP contribution >= 0.6 is 0 Å². The van der Waals surface area contributed by atoms with Crippen LogP contribution in [-0.4, -0.2) is 41.2 Å². The first kappa shape index (κ1) is 19.1. The summed E-state index contributed by atoms with van der Waals surface area (Å²) in [6.45, 7) is 5.17. The second-order valence-corrected chi connectivity index (χ2v) is 6.12. The molecular weight excluding hydrogens is 364 g/mol. The molecule has 0 saturated carbocycles.